The summed E-state index contributed by atoms with van der Waals surface area (Å²) in [6.45, 7) is 3.87. The third-order valence-electron chi connectivity index (χ3n) is 3.04. The third kappa shape index (κ3) is 0.765. The molecular formula is C9H12O3. The lowest BCUT2D eigenvalue weighted by Crippen LogP contribution is -2.40. The van der Waals surface area contributed by atoms with Gasteiger partial charge in [-0.15, -0.1) is 0 Å². The highest BCUT2D eigenvalue weighted by Crippen LogP contribution is 2.46. The number of fused-ring (bicyclic) bond motifs is 2. The van der Waals surface area contributed by atoms with Crippen molar-refractivity contribution < 1.29 is 14.3 Å². The lowest BCUT2D eigenvalue weighted by Gasteiger charge is -2.31. The molecule has 2 bridgehead atoms. The van der Waals surface area contributed by atoms with Crippen molar-refractivity contribution in [1.29, 1.82) is 0 Å². The standard InChI is InChI=1S/C9H12O3/c1-9(2)6-4-3-5(10)7(9)8(11)12-6/h6-7H,3-4H2,1-2H3/t6-,7-/m0/s1. The van der Waals surface area contributed by atoms with E-state index >= 15 is 0 Å². The molecule has 0 unspecified atom stereocenters. The van der Waals surface area contributed by atoms with Crippen molar-refractivity contribution in [3.05, 3.63) is 0 Å². The minimum atomic E-state index is -0.490. The number of rotatable bonds is 0. The molecule has 2 fully saturated rings. The molecule has 0 N–H and O–H groups in total. The molecule has 0 aromatic carbocycles. The van der Waals surface area contributed by atoms with E-state index in [0.717, 1.165) is 0 Å². The summed E-state index contributed by atoms with van der Waals surface area (Å²) in [5.74, 6) is -0.748. The zero-order valence-corrected chi connectivity index (χ0v) is 7.29. The van der Waals surface area contributed by atoms with Crippen molar-refractivity contribution in [1.82, 2.24) is 0 Å². The number of ether oxygens (including phenoxy) is 1. The summed E-state index contributed by atoms with van der Waals surface area (Å²) < 4.78 is 5.11. The van der Waals surface area contributed by atoms with Gasteiger partial charge in [-0.3, -0.25) is 9.59 Å². The van der Waals surface area contributed by atoms with Crippen molar-refractivity contribution in [2.75, 3.05) is 0 Å². The van der Waals surface area contributed by atoms with E-state index in [9.17, 15) is 9.59 Å². The lowest BCUT2D eigenvalue weighted by atomic mass is 9.68. The summed E-state index contributed by atoms with van der Waals surface area (Å²) in [6.07, 6.45) is 1.17. The van der Waals surface area contributed by atoms with Gasteiger partial charge in [-0.1, -0.05) is 13.8 Å². The van der Waals surface area contributed by atoms with Crippen molar-refractivity contribution in [3.63, 3.8) is 0 Å². The first-order valence-corrected chi connectivity index (χ1v) is 4.26. The van der Waals surface area contributed by atoms with Crippen LogP contribution in [0.4, 0.5) is 0 Å². The SMILES string of the molecule is CC1(C)[C@H]2C(=O)CC[C@@H]1OC2=O. The van der Waals surface area contributed by atoms with Crippen LogP contribution in [0.15, 0.2) is 0 Å². The molecule has 1 aliphatic carbocycles. The van der Waals surface area contributed by atoms with Gasteiger partial charge >= 0.3 is 5.97 Å². The van der Waals surface area contributed by atoms with Gasteiger partial charge in [-0.05, 0) is 6.42 Å². The average Bonchev–Trinajstić information content (AvgIpc) is 2.12. The number of hydrogen-bond donors (Lipinski definition) is 0. The predicted octanol–water partition coefficient (Wildman–Crippen LogP) is 0.917. The summed E-state index contributed by atoms with van der Waals surface area (Å²) >= 11 is 0. The van der Waals surface area contributed by atoms with Crippen molar-refractivity contribution >= 4 is 11.8 Å². The van der Waals surface area contributed by atoms with Crippen LogP contribution in [0.5, 0.6) is 0 Å². The molecule has 12 heavy (non-hydrogen) atoms. The monoisotopic (exact) mass is 168 g/mol. The van der Waals surface area contributed by atoms with Crippen LogP contribution in [0.1, 0.15) is 26.7 Å². The van der Waals surface area contributed by atoms with Crippen molar-refractivity contribution in [2.45, 2.75) is 32.8 Å². The summed E-state index contributed by atoms with van der Waals surface area (Å²) in [4.78, 5) is 22.6. The zero-order valence-electron chi connectivity index (χ0n) is 7.29. The van der Waals surface area contributed by atoms with E-state index in [1.165, 1.54) is 0 Å². The maximum Gasteiger partial charge on any atom is 0.317 e. The van der Waals surface area contributed by atoms with Crippen molar-refractivity contribution in [2.24, 2.45) is 11.3 Å². The van der Waals surface area contributed by atoms with Gasteiger partial charge < -0.3 is 4.74 Å². The second-order valence-electron chi connectivity index (χ2n) is 4.18. The molecule has 1 aliphatic heterocycles. The number of hydrogen-bond acceptors (Lipinski definition) is 3. The molecule has 3 heteroatoms. The Morgan fingerprint density at radius 2 is 2.08 bits per heavy atom. The van der Waals surface area contributed by atoms with Gasteiger partial charge in [-0.25, -0.2) is 0 Å². The van der Waals surface area contributed by atoms with Gasteiger partial charge in [0, 0.05) is 11.8 Å². The molecule has 66 valence electrons. The largest absolute Gasteiger partial charge is 0.461 e. The van der Waals surface area contributed by atoms with Crippen molar-refractivity contribution in [3.8, 4) is 0 Å². The molecule has 2 rings (SSSR count). The Kier molecular flexibility index (Phi) is 1.35. The number of carbonyl (C=O) groups excluding carboxylic acids is 2. The fraction of sp³-hybridized carbons (Fsp3) is 0.778. The van der Waals surface area contributed by atoms with Gasteiger partial charge in [0.15, 0.2) is 0 Å². The summed E-state index contributed by atoms with van der Waals surface area (Å²) in [6, 6.07) is 0. The summed E-state index contributed by atoms with van der Waals surface area (Å²) in [5, 5.41) is 0. The molecule has 2 aliphatic rings. The number of ketones is 1. The molecular weight excluding hydrogens is 156 g/mol. The van der Waals surface area contributed by atoms with E-state index < -0.39 is 5.92 Å². The Balaban J connectivity index is 2.42. The molecule has 3 nitrogen and oxygen atoms in total. The first-order chi connectivity index (χ1) is 5.53. The molecule has 0 amide bonds. The minimum Gasteiger partial charge on any atom is -0.461 e. The quantitative estimate of drug-likeness (QED) is 0.399. The van der Waals surface area contributed by atoms with Crippen LogP contribution in [0.3, 0.4) is 0 Å². The Hall–Kier alpha value is -0.860. The van der Waals surface area contributed by atoms with Crippen LogP contribution in [0, 0.1) is 11.3 Å². The van der Waals surface area contributed by atoms with Gasteiger partial charge in [0.2, 0.25) is 0 Å². The first-order valence-electron chi connectivity index (χ1n) is 4.26. The number of esters is 1. The fourth-order valence-corrected chi connectivity index (χ4v) is 2.24. The summed E-state index contributed by atoms with van der Waals surface area (Å²) in [5.41, 5.74) is -0.271. The van der Waals surface area contributed by atoms with E-state index in [0.29, 0.717) is 12.8 Å². The minimum absolute atomic E-state index is 0.0345. The second kappa shape index (κ2) is 2.09. The highest BCUT2D eigenvalue weighted by atomic mass is 16.6. The first kappa shape index (κ1) is 7.77. The molecule has 2 atom stereocenters. The number of Topliss-reactive ketones (excluding diaryl/α,β-unsaturated/α-hetero) is 1. The number of carbonyl (C=O) groups is 2. The maximum atomic E-state index is 11.4. The highest BCUT2D eigenvalue weighted by molar-refractivity contribution is 6.02. The van der Waals surface area contributed by atoms with Crippen LogP contribution in [0.2, 0.25) is 0 Å². The lowest BCUT2D eigenvalue weighted by molar-refractivity contribution is -0.145. The third-order valence-corrected chi connectivity index (χ3v) is 3.04. The Labute approximate surface area is 71.1 Å². The molecule has 0 spiro atoms. The van der Waals surface area contributed by atoms with Crippen LogP contribution in [0.25, 0.3) is 0 Å². The molecule has 1 heterocycles. The van der Waals surface area contributed by atoms with Gasteiger partial charge in [0.25, 0.3) is 0 Å². The molecule has 0 aromatic rings. The van der Waals surface area contributed by atoms with Crippen LogP contribution < -0.4 is 0 Å². The van der Waals surface area contributed by atoms with E-state index in [1.54, 1.807) is 0 Å². The van der Waals surface area contributed by atoms with E-state index in [-0.39, 0.29) is 23.3 Å². The van der Waals surface area contributed by atoms with E-state index in [1.807, 2.05) is 13.8 Å². The summed E-state index contributed by atoms with van der Waals surface area (Å²) in [7, 11) is 0. The average molecular weight is 168 g/mol. The molecule has 1 saturated carbocycles. The Bertz CT molecular complexity index is 246. The molecule has 0 radical (unpaired) electrons. The second-order valence-corrected chi connectivity index (χ2v) is 4.18. The topological polar surface area (TPSA) is 43.4 Å². The van der Waals surface area contributed by atoms with E-state index in [2.05, 4.69) is 0 Å². The Morgan fingerprint density at radius 1 is 1.42 bits per heavy atom. The van der Waals surface area contributed by atoms with Gasteiger partial charge in [0.05, 0.1) is 0 Å². The maximum absolute atomic E-state index is 11.4. The normalized spacial score (nSPS) is 38.2. The van der Waals surface area contributed by atoms with Gasteiger partial charge in [0.1, 0.15) is 17.8 Å². The van der Waals surface area contributed by atoms with E-state index in [4.69, 9.17) is 4.74 Å². The predicted molar refractivity (Wildman–Crippen MR) is 41.4 cm³/mol. The molecule has 1 saturated heterocycles. The van der Waals surface area contributed by atoms with Crippen LogP contribution >= 0.6 is 0 Å². The highest BCUT2D eigenvalue weighted by Gasteiger charge is 2.56. The zero-order chi connectivity index (χ0) is 8.93. The fourth-order valence-electron chi connectivity index (χ4n) is 2.24. The smallest absolute Gasteiger partial charge is 0.317 e. The molecule has 0 aromatic heterocycles. The Morgan fingerprint density at radius 3 is 2.67 bits per heavy atom. The van der Waals surface area contributed by atoms with Crippen LogP contribution in [-0.4, -0.2) is 17.9 Å². The van der Waals surface area contributed by atoms with Crippen LogP contribution in [-0.2, 0) is 14.3 Å². The van der Waals surface area contributed by atoms with Gasteiger partial charge in [-0.2, -0.15) is 0 Å².